The number of hydrogen-bond donors (Lipinski definition) is 0. The highest BCUT2D eigenvalue weighted by molar-refractivity contribution is 4.51. The van der Waals surface area contributed by atoms with Gasteiger partial charge in [0.1, 0.15) is 0 Å². The van der Waals surface area contributed by atoms with Crippen LogP contribution in [-0.2, 0) is 0 Å². The predicted molar refractivity (Wildman–Crippen MR) is 126 cm³/mol. The molecule has 172 valence electrons. The van der Waals surface area contributed by atoms with Crippen LogP contribution >= 0.6 is 0 Å². The third-order valence-corrected chi connectivity index (χ3v) is 5.93. The summed E-state index contributed by atoms with van der Waals surface area (Å²) in [7, 11) is 6.91. The summed E-state index contributed by atoms with van der Waals surface area (Å²) in [4.78, 5) is 0. The van der Waals surface area contributed by atoms with Crippen molar-refractivity contribution in [3.8, 4) is 0 Å². The largest absolute Gasteiger partial charge is 1.00 e. The summed E-state index contributed by atoms with van der Waals surface area (Å²) in [6, 6.07) is 0. The third kappa shape index (κ3) is 28.5. The zero-order valence-electron chi connectivity index (χ0n) is 20.4. The minimum atomic E-state index is 0. The van der Waals surface area contributed by atoms with Crippen molar-refractivity contribution in [3.05, 3.63) is 0 Å². The Kier molecular flexibility index (Phi) is 25.6. The summed E-state index contributed by atoms with van der Waals surface area (Å²) in [5.41, 5.74) is 0. The molecule has 0 atom stereocenters. The third-order valence-electron chi connectivity index (χ3n) is 5.93. The van der Waals surface area contributed by atoms with Gasteiger partial charge in [0.25, 0.3) is 0 Å². The van der Waals surface area contributed by atoms with Gasteiger partial charge in [-0.15, -0.1) is 0 Å². The van der Waals surface area contributed by atoms with Crippen molar-refractivity contribution in [1.82, 2.24) is 0 Å². The van der Waals surface area contributed by atoms with Crippen molar-refractivity contribution < 1.29 is 16.9 Å². The molecule has 0 aliphatic carbocycles. The number of unbranched alkanes of at least 4 members (excludes halogenated alkanes) is 20. The Morgan fingerprint density at radius 3 is 0.786 bits per heavy atom. The lowest BCUT2D eigenvalue weighted by atomic mass is 10.0. The van der Waals surface area contributed by atoms with Gasteiger partial charge in [0.05, 0.1) is 27.7 Å². The van der Waals surface area contributed by atoms with Crippen molar-refractivity contribution in [2.75, 3.05) is 27.7 Å². The van der Waals surface area contributed by atoms with Crippen LogP contribution in [0.25, 0.3) is 0 Å². The fraction of sp³-hybridized carbons (Fsp3) is 1.00. The van der Waals surface area contributed by atoms with E-state index in [4.69, 9.17) is 0 Å². The Labute approximate surface area is 186 Å². The molecule has 0 radical (unpaired) electrons. The fourth-order valence-electron chi connectivity index (χ4n) is 4.02. The van der Waals surface area contributed by atoms with Gasteiger partial charge >= 0.3 is 0 Å². The first kappa shape index (κ1) is 30.4. The molecule has 0 bridgehead atoms. The van der Waals surface area contributed by atoms with E-state index in [0.29, 0.717) is 0 Å². The van der Waals surface area contributed by atoms with Crippen LogP contribution in [-0.4, -0.2) is 32.2 Å². The van der Waals surface area contributed by atoms with Gasteiger partial charge in [0, 0.05) is 0 Å². The molecule has 0 rings (SSSR count). The lowest BCUT2D eigenvalue weighted by molar-refractivity contribution is -0.870. The Morgan fingerprint density at radius 1 is 0.357 bits per heavy atom. The second-order valence-corrected chi connectivity index (χ2v) is 10.1. The van der Waals surface area contributed by atoms with Gasteiger partial charge < -0.3 is 16.9 Å². The van der Waals surface area contributed by atoms with E-state index in [1.54, 1.807) is 0 Å². The first-order chi connectivity index (χ1) is 13.1. The van der Waals surface area contributed by atoms with E-state index < -0.39 is 0 Å². The van der Waals surface area contributed by atoms with Crippen molar-refractivity contribution in [2.45, 2.75) is 142 Å². The van der Waals surface area contributed by atoms with Gasteiger partial charge in [-0.2, -0.15) is 0 Å². The zero-order chi connectivity index (χ0) is 20.1. The maximum atomic E-state index is 2.30. The van der Waals surface area contributed by atoms with Gasteiger partial charge in [0.2, 0.25) is 0 Å². The van der Waals surface area contributed by atoms with E-state index in [1.165, 1.54) is 141 Å². The van der Waals surface area contributed by atoms with Crippen LogP contribution < -0.4 is 12.4 Å². The van der Waals surface area contributed by atoms with Crippen LogP contribution in [0.2, 0.25) is 0 Å². The first-order valence-corrected chi connectivity index (χ1v) is 12.9. The lowest BCUT2D eigenvalue weighted by Crippen LogP contribution is -3.00. The summed E-state index contributed by atoms with van der Waals surface area (Å²) < 4.78 is 1.12. The lowest BCUT2D eigenvalue weighted by Gasteiger charge is -2.23. The fourth-order valence-corrected chi connectivity index (χ4v) is 4.02. The summed E-state index contributed by atoms with van der Waals surface area (Å²) >= 11 is 0. The Morgan fingerprint density at radius 2 is 0.571 bits per heavy atom. The molecule has 0 fully saturated rings. The summed E-state index contributed by atoms with van der Waals surface area (Å²) in [5, 5.41) is 0. The number of rotatable bonds is 22. The van der Waals surface area contributed by atoms with Gasteiger partial charge in [-0.25, -0.2) is 0 Å². The van der Waals surface area contributed by atoms with E-state index in [9.17, 15) is 0 Å². The Balaban J connectivity index is 0. The zero-order valence-corrected chi connectivity index (χ0v) is 21.1. The molecule has 0 spiro atoms. The van der Waals surface area contributed by atoms with Crippen LogP contribution in [0.3, 0.4) is 0 Å². The van der Waals surface area contributed by atoms with E-state index in [2.05, 4.69) is 28.1 Å². The maximum Gasteiger partial charge on any atom is 0.0780 e. The van der Waals surface area contributed by atoms with Gasteiger partial charge in [-0.1, -0.05) is 129 Å². The molecule has 1 nitrogen and oxygen atoms in total. The number of hydrogen-bond acceptors (Lipinski definition) is 0. The molecule has 0 saturated heterocycles. The molecular formula is C26H56ClN. The molecule has 0 aliphatic heterocycles. The minimum absolute atomic E-state index is 0. The monoisotopic (exact) mass is 417 g/mol. The highest BCUT2D eigenvalue weighted by atomic mass is 35.5. The second kappa shape index (κ2) is 23.5. The molecule has 0 unspecified atom stereocenters. The second-order valence-electron chi connectivity index (χ2n) is 10.1. The van der Waals surface area contributed by atoms with Crippen molar-refractivity contribution in [2.24, 2.45) is 0 Å². The van der Waals surface area contributed by atoms with Gasteiger partial charge in [-0.3, -0.25) is 0 Å². The van der Waals surface area contributed by atoms with E-state index in [-0.39, 0.29) is 12.4 Å². The quantitative estimate of drug-likeness (QED) is 0.152. The van der Waals surface area contributed by atoms with Crippen molar-refractivity contribution in [3.63, 3.8) is 0 Å². The molecule has 0 aliphatic rings. The van der Waals surface area contributed by atoms with Crippen molar-refractivity contribution >= 4 is 0 Å². The van der Waals surface area contributed by atoms with E-state index >= 15 is 0 Å². The number of nitrogens with zero attached hydrogens (tertiary/aromatic N) is 1. The minimum Gasteiger partial charge on any atom is -1.00 e. The van der Waals surface area contributed by atoms with E-state index in [1.807, 2.05) is 0 Å². The van der Waals surface area contributed by atoms with Gasteiger partial charge in [0.15, 0.2) is 0 Å². The highest BCUT2D eigenvalue weighted by Gasteiger charge is 2.04. The molecule has 0 N–H and O–H groups in total. The average Bonchev–Trinajstić information content (AvgIpc) is 2.62. The van der Waals surface area contributed by atoms with Crippen LogP contribution in [0.5, 0.6) is 0 Å². The normalized spacial score (nSPS) is 11.6. The maximum absolute atomic E-state index is 2.30. The van der Waals surface area contributed by atoms with Crippen LogP contribution in [0, 0.1) is 0 Å². The molecule has 28 heavy (non-hydrogen) atoms. The smallest absolute Gasteiger partial charge is 0.0780 e. The molecule has 0 heterocycles. The molecule has 0 aromatic heterocycles. The standard InChI is InChI=1S/C26H56N.ClH/c1-5-6-7-8-9-10-11-12-13-14-15-16-17-18-19-20-21-22-23-24-25-26-27(2,3)4;/h5-26H2,1-4H3;1H/q+1;/p-1. The van der Waals surface area contributed by atoms with Crippen LogP contribution in [0.15, 0.2) is 0 Å². The van der Waals surface area contributed by atoms with E-state index in [0.717, 1.165) is 4.48 Å². The molecular weight excluding hydrogens is 362 g/mol. The van der Waals surface area contributed by atoms with Crippen LogP contribution in [0.1, 0.15) is 142 Å². The predicted octanol–water partition coefficient (Wildman–Crippen LogP) is 5.91. The topological polar surface area (TPSA) is 0 Å². The Hall–Kier alpha value is 0.250. The molecule has 2 heteroatoms. The van der Waals surface area contributed by atoms with Crippen molar-refractivity contribution in [1.29, 1.82) is 0 Å². The SMILES string of the molecule is CCCCCCCCCCCCCCCCCCCCCCC[N+](C)(C)C.[Cl-]. The average molecular weight is 418 g/mol. The molecule has 0 aromatic carbocycles. The molecule has 0 saturated carbocycles. The highest BCUT2D eigenvalue weighted by Crippen LogP contribution is 2.15. The van der Waals surface area contributed by atoms with Gasteiger partial charge in [-0.05, 0) is 12.8 Å². The Bertz CT molecular complexity index is 272. The molecule has 0 amide bonds. The number of halogens is 1. The summed E-state index contributed by atoms with van der Waals surface area (Å²) in [6.07, 6.45) is 30.8. The summed E-state index contributed by atoms with van der Waals surface area (Å²) in [6.45, 7) is 3.63. The summed E-state index contributed by atoms with van der Waals surface area (Å²) in [5.74, 6) is 0. The van der Waals surface area contributed by atoms with Crippen LogP contribution in [0.4, 0.5) is 0 Å². The number of quaternary nitrogens is 1. The first-order valence-electron chi connectivity index (χ1n) is 12.9. The molecule has 0 aromatic rings.